The van der Waals surface area contributed by atoms with E-state index >= 15 is 0 Å². The number of hydrogen-bond donors (Lipinski definition) is 1. The molecule has 0 fully saturated rings. The number of nitrogens with zero attached hydrogens (tertiary/aromatic N) is 2. The summed E-state index contributed by atoms with van der Waals surface area (Å²) in [7, 11) is 0. The SMILES string of the molecule is Clc1ccc(CCn2cnc(-c3ccccc3)c2-c2c[nH]c3cc(Cl)ccc23)c(Cl)c1. The van der Waals surface area contributed by atoms with Crippen molar-refractivity contribution >= 4 is 45.7 Å². The Morgan fingerprint density at radius 1 is 0.871 bits per heavy atom. The van der Waals surface area contributed by atoms with Gasteiger partial charge in [-0.3, -0.25) is 0 Å². The number of imidazole rings is 1. The smallest absolute Gasteiger partial charge is 0.0963 e. The molecular weight excluding hydrogens is 449 g/mol. The van der Waals surface area contributed by atoms with Gasteiger partial charge in [-0.05, 0) is 36.2 Å². The first-order valence-electron chi connectivity index (χ1n) is 9.91. The number of hydrogen-bond acceptors (Lipinski definition) is 1. The first kappa shape index (κ1) is 20.2. The van der Waals surface area contributed by atoms with Gasteiger partial charge in [-0.15, -0.1) is 0 Å². The van der Waals surface area contributed by atoms with E-state index in [1.807, 2.05) is 61.1 Å². The van der Waals surface area contributed by atoms with Crippen molar-refractivity contribution in [2.24, 2.45) is 0 Å². The zero-order chi connectivity index (χ0) is 21.4. The summed E-state index contributed by atoms with van der Waals surface area (Å²) in [6, 6.07) is 21.8. The molecule has 0 aliphatic heterocycles. The molecule has 0 aliphatic carbocycles. The van der Waals surface area contributed by atoms with E-state index in [4.69, 9.17) is 39.8 Å². The van der Waals surface area contributed by atoms with Crippen molar-refractivity contribution in [2.75, 3.05) is 0 Å². The molecule has 0 aliphatic rings. The van der Waals surface area contributed by atoms with Gasteiger partial charge in [0.05, 0.1) is 17.7 Å². The summed E-state index contributed by atoms with van der Waals surface area (Å²) in [5, 5.41) is 3.13. The topological polar surface area (TPSA) is 33.6 Å². The second-order valence-electron chi connectivity index (χ2n) is 7.38. The van der Waals surface area contributed by atoms with E-state index in [-0.39, 0.29) is 0 Å². The molecule has 0 atom stereocenters. The minimum atomic E-state index is 0.640. The van der Waals surface area contributed by atoms with Gasteiger partial charge in [0, 0.05) is 49.8 Å². The number of aromatic nitrogens is 3. The molecule has 154 valence electrons. The van der Waals surface area contributed by atoms with Gasteiger partial charge in [-0.25, -0.2) is 4.98 Å². The normalized spacial score (nSPS) is 11.3. The molecule has 1 N–H and O–H groups in total. The molecule has 5 rings (SSSR count). The van der Waals surface area contributed by atoms with Crippen LogP contribution in [0.5, 0.6) is 0 Å². The molecule has 0 radical (unpaired) electrons. The number of aromatic amines is 1. The fraction of sp³-hybridized carbons (Fsp3) is 0.0800. The number of halogens is 3. The minimum Gasteiger partial charge on any atom is -0.360 e. The van der Waals surface area contributed by atoms with Crippen LogP contribution in [0.4, 0.5) is 0 Å². The fourth-order valence-electron chi connectivity index (χ4n) is 3.90. The van der Waals surface area contributed by atoms with Crippen LogP contribution < -0.4 is 0 Å². The van der Waals surface area contributed by atoms with E-state index in [0.717, 1.165) is 51.9 Å². The lowest BCUT2D eigenvalue weighted by molar-refractivity contribution is 0.702. The molecule has 6 heteroatoms. The summed E-state index contributed by atoms with van der Waals surface area (Å²) in [5.41, 5.74) is 6.21. The number of aryl methyl sites for hydroxylation is 2. The number of H-pyrrole nitrogens is 1. The van der Waals surface area contributed by atoms with Gasteiger partial charge >= 0.3 is 0 Å². The monoisotopic (exact) mass is 465 g/mol. The number of fused-ring (bicyclic) bond motifs is 1. The first-order chi connectivity index (χ1) is 15.1. The molecule has 3 aromatic carbocycles. The molecule has 0 saturated heterocycles. The maximum Gasteiger partial charge on any atom is 0.0963 e. The maximum atomic E-state index is 6.40. The van der Waals surface area contributed by atoms with E-state index < -0.39 is 0 Å². The Morgan fingerprint density at radius 2 is 1.65 bits per heavy atom. The molecule has 31 heavy (non-hydrogen) atoms. The van der Waals surface area contributed by atoms with Crippen molar-refractivity contribution in [1.29, 1.82) is 0 Å². The number of nitrogens with one attached hydrogen (secondary N) is 1. The summed E-state index contributed by atoms with van der Waals surface area (Å²) < 4.78 is 2.19. The maximum absolute atomic E-state index is 6.40. The third-order valence-corrected chi connectivity index (χ3v) is 6.24. The summed E-state index contributed by atoms with van der Waals surface area (Å²) in [5.74, 6) is 0. The Labute approximate surface area is 195 Å². The van der Waals surface area contributed by atoms with E-state index in [1.165, 1.54) is 0 Å². The largest absolute Gasteiger partial charge is 0.360 e. The van der Waals surface area contributed by atoms with Crippen molar-refractivity contribution in [3.8, 4) is 22.5 Å². The molecule has 0 saturated carbocycles. The number of benzene rings is 3. The molecule has 0 bridgehead atoms. The van der Waals surface area contributed by atoms with Gasteiger partial charge in [0.2, 0.25) is 0 Å². The Kier molecular flexibility index (Phi) is 5.49. The molecule has 0 unspecified atom stereocenters. The lowest BCUT2D eigenvalue weighted by Gasteiger charge is -2.11. The van der Waals surface area contributed by atoms with Crippen LogP contribution in [0.3, 0.4) is 0 Å². The van der Waals surface area contributed by atoms with Crippen LogP contribution in [0.2, 0.25) is 15.1 Å². The number of rotatable bonds is 5. The van der Waals surface area contributed by atoms with Crippen LogP contribution in [-0.4, -0.2) is 14.5 Å². The molecule has 5 aromatic rings. The average molecular weight is 467 g/mol. The summed E-state index contributed by atoms with van der Waals surface area (Å²) in [4.78, 5) is 8.14. The van der Waals surface area contributed by atoms with Gasteiger partial charge in [-0.1, -0.05) is 77.3 Å². The average Bonchev–Trinajstić information content (AvgIpc) is 3.37. The van der Waals surface area contributed by atoms with Crippen molar-refractivity contribution < 1.29 is 0 Å². The highest BCUT2D eigenvalue weighted by molar-refractivity contribution is 6.35. The lowest BCUT2D eigenvalue weighted by Crippen LogP contribution is -2.03. The first-order valence-corrected chi connectivity index (χ1v) is 11.0. The second-order valence-corrected chi connectivity index (χ2v) is 8.66. The highest BCUT2D eigenvalue weighted by Crippen LogP contribution is 2.36. The van der Waals surface area contributed by atoms with Gasteiger partial charge in [0.1, 0.15) is 0 Å². The van der Waals surface area contributed by atoms with E-state index in [9.17, 15) is 0 Å². The van der Waals surface area contributed by atoms with Gasteiger partial charge in [0.25, 0.3) is 0 Å². The highest BCUT2D eigenvalue weighted by Gasteiger charge is 2.18. The predicted octanol–water partition coefficient (Wildman–Crippen LogP) is 7.90. The summed E-state index contributed by atoms with van der Waals surface area (Å²) in [6.45, 7) is 0.733. The van der Waals surface area contributed by atoms with E-state index in [1.54, 1.807) is 6.07 Å². The van der Waals surface area contributed by atoms with Crippen LogP contribution >= 0.6 is 34.8 Å². The molecule has 2 heterocycles. The Bertz CT molecular complexity index is 1370. The lowest BCUT2D eigenvalue weighted by atomic mass is 10.0. The van der Waals surface area contributed by atoms with Gasteiger partial charge < -0.3 is 9.55 Å². The zero-order valence-corrected chi connectivity index (χ0v) is 18.7. The molecule has 3 nitrogen and oxygen atoms in total. The van der Waals surface area contributed by atoms with Gasteiger partial charge in [-0.2, -0.15) is 0 Å². The van der Waals surface area contributed by atoms with Crippen LogP contribution in [0.1, 0.15) is 5.56 Å². The van der Waals surface area contributed by atoms with Crippen molar-refractivity contribution in [1.82, 2.24) is 14.5 Å². The quantitative estimate of drug-likeness (QED) is 0.280. The van der Waals surface area contributed by atoms with Crippen molar-refractivity contribution in [3.63, 3.8) is 0 Å². The summed E-state index contributed by atoms with van der Waals surface area (Å²) in [6.07, 6.45) is 4.69. The van der Waals surface area contributed by atoms with Gasteiger partial charge in [0.15, 0.2) is 0 Å². The van der Waals surface area contributed by atoms with Crippen LogP contribution in [0.25, 0.3) is 33.4 Å². The zero-order valence-electron chi connectivity index (χ0n) is 16.4. The third kappa shape index (κ3) is 3.97. The van der Waals surface area contributed by atoms with Crippen LogP contribution in [0, 0.1) is 0 Å². The molecule has 0 spiro atoms. The Balaban J connectivity index is 1.61. The van der Waals surface area contributed by atoms with Crippen LogP contribution in [0.15, 0.2) is 79.3 Å². The summed E-state index contributed by atoms with van der Waals surface area (Å²) >= 11 is 18.6. The fourth-order valence-corrected chi connectivity index (χ4v) is 4.58. The van der Waals surface area contributed by atoms with E-state index in [2.05, 4.69) is 21.7 Å². The molecular formula is C25H18Cl3N3. The van der Waals surface area contributed by atoms with Crippen molar-refractivity contribution in [3.05, 3.63) is 99.9 Å². The van der Waals surface area contributed by atoms with Crippen molar-refractivity contribution in [2.45, 2.75) is 13.0 Å². The standard InChI is InChI=1S/C25H18Cl3N3/c26-18-7-6-16(22(28)12-18)10-11-31-15-30-24(17-4-2-1-3-5-17)25(31)21-14-29-23-13-19(27)8-9-20(21)23/h1-9,12-15,29H,10-11H2. The molecule has 2 aromatic heterocycles. The predicted molar refractivity (Wildman–Crippen MR) is 130 cm³/mol. The van der Waals surface area contributed by atoms with Crippen LogP contribution in [-0.2, 0) is 13.0 Å². The molecule has 0 amide bonds. The Hall–Kier alpha value is -2.72. The third-order valence-electron chi connectivity index (χ3n) is 5.42. The minimum absolute atomic E-state index is 0.640. The van der Waals surface area contributed by atoms with E-state index in [0.29, 0.717) is 15.1 Å². The Morgan fingerprint density at radius 3 is 2.45 bits per heavy atom. The second kappa shape index (κ2) is 8.43. The highest BCUT2D eigenvalue weighted by atomic mass is 35.5.